The number of amides is 1. The predicted molar refractivity (Wildman–Crippen MR) is 88.9 cm³/mol. The Balaban J connectivity index is 1.69. The van der Waals surface area contributed by atoms with Gasteiger partial charge in [0.05, 0.1) is 6.54 Å². The van der Waals surface area contributed by atoms with Gasteiger partial charge >= 0.3 is 0 Å². The van der Waals surface area contributed by atoms with E-state index in [1.165, 1.54) is 0 Å². The molecule has 0 saturated carbocycles. The van der Waals surface area contributed by atoms with Crippen LogP contribution in [0, 0.1) is 6.92 Å². The number of hydrogen-bond acceptors (Lipinski definition) is 4. The number of rotatable bonds is 3. The molecule has 0 fully saturated rings. The fourth-order valence-electron chi connectivity index (χ4n) is 2.62. The third kappa shape index (κ3) is 3.23. The minimum Gasteiger partial charge on any atom is -0.486 e. The second-order valence-electron chi connectivity index (χ2n) is 5.76. The molecule has 0 radical (unpaired) electrons. The first-order chi connectivity index (χ1) is 11.0. The summed E-state index contributed by atoms with van der Waals surface area (Å²) in [5.41, 5.74) is 7.89. The largest absolute Gasteiger partial charge is 0.486 e. The summed E-state index contributed by atoms with van der Waals surface area (Å²) in [5.74, 6) is 1.38. The summed E-state index contributed by atoms with van der Waals surface area (Å²) in [4.78, 5) is 14.3. The van der Waals surface area contributed by atoms with Crippen molar-refractivity contribution in [2.75, 3.05) is 25.9 Å². The van der Waals surface area contributed by atoms with Gasteiger partial charge in [0.2, 0.25) is 0 Å². The molecule has 3 rings (SSSR count). The van der Waals surface area contributed by atoms with E-state index >= 15 is 0 Å². The Bertz CT molecular complexity index is 730. The van der Waals surface area contributed by atoms with Crippen molar-refractivity contribution in [2.45, 2.75) is 13.0 Å². The van der Waals surface area contributed by atoms with Crippen LogP contribution >= 0.6 is 0 Å². The summed E-state index contributed by atoms with van der Waals surface area (Å²) in [6.07, 6.45) is -0.194. The summed E-state index contributed by atoms with van der Waals surface area (Å²) in [7, 11) is 1.76. The Morgan fingerprint density at radius 2 is 2.00 bits per heavy atom. The molecule has 1 aliphatic rings. The Kier molecular flexibility index (Phi) is 4.10. The normalized spacial score (nSPS) is 16.0. The van der Waals surface area contributed by atoms with E-state index in [0.717, 1.165) is 11.3 Å². The average Bonchev–Trinajstić information content (AvgIpc) is 2.56. The summed E-state index contributed by atoms with van der Waals surface area (Å²) < 4.78 is 11.6. The number of nitrogen functional groups attached to an aromatic ring is 1. The van der Waals surface area contributed by atoms with Crippen LogP contribution in [-0.2, 0) is 0 Å². The van der Waals surface area contributed by atoms with Crippen LogP contribution in [0.5, 0.6) is 11.5 Å². The standard InChI is InChI=1S/C18H20N2O3/c1-12-7-8-13(19)9-15(12)18(21)20(2)10-14-11-22-16-5-3-4-6-17(16)23-14/h3-9,14H,10-11,19H2,1-2H3. The van der Waals surface area contributed by atoms with Gasteiger partial charge in [-0.1, -0.05) is 18.2 Å². The highest BCUT2D eigenvalue weighted by Crippen LogP contribution is 2.31. The average molecular weight is 312 g/mol. The molecule has 1 aliphatic heterocycles. The van der Waals surface area contributed by atoms with Gasteiger partial charge in [-0.05, 0) is 36.8 Å². The van der Waals surface area contributed by atoms with Gasteiger partial charge in [-0.2, -0.15) is 0 Å². The number of carbonyl (C=O) groups excluding carboxylic acids is 1. The summed E-state index contributed by atoms with van der Waals surface area (Å²) in [6, 6.07) is 12.9. The fraction of sp³-hybridized carbons (Fsp3) is 0.278. The highest BCUT2D eigenvalue weighted by atomic mass is 16.6. The van der Waals surface area contributed by atoms with Crippen LogP contribution in [0.2, 0.25) is 0 Å². The van der Waals surface area contributed by atoms with E-state index in [-0.39, 0.29) is 12.0 Å². The second kappa shape index (κ2) is 6.20. The SMILES string of the molecule is Cc1ccc(N)cc1C(=O)N(C)CC1COc2ccccc2O1. The van der Waals surface area contributed by atoms with Gasteiger partial charge in [-0.3, -0.25) is 4.79 Å². The quantitative estimate of drug-likeness (QED) is 0.884. The van der Waals surface area contributed by atoms with Crippen LogP contribution in [-0.4, -0.2) is 37.1 Å². The molecule has 1 heterocycles. The molecule has 0 bridgehead atoms. The third-order valence-corrected chi connectivity index (χ3v) is 3.88. The van der Waals surface area contributed by atoms with Crippen LogP contribution in [0.4, 0.5) is 5.69 Å². The molecule has 1 amide bonds. The predicted octanol–water partition coefficient (Wildman–Crippen LogP) is 2.49. The summed E-state index contributed by atoms with van der Waals surface area (Å²) in [5, 5.41) is 0. The van der Waals surface area contributed by atoms with Crippen LogP contribution in [0.15, 0.2) is 42.5 Å². The Morgan fingerprint density at radius 1 is 1.26 bits per heavy atom. The maximum Gasteiger partial charge on any atom is 0.254 e. The first-order valence-corrected chi connectivity index (χ1v) is 7.54. The Morgan fingerprint density at radius 3 is 2.78 bits per heavy atom. The van der Waals surface area contributed by atoms with Crippen molar-refractivity contribution in [3.05, 3.63) is 53.6 Å². The highest BCUT2D eigenvalue weighted by Gasteiger charge is 2.24. The molecule has 5 nitrogen and oxygen atoms in total. The fourth-order valence-corrected chi connectivity index (χ4v) is 2.62. The molecule has 1 atom stereocenters. The number of likely N-dealkylation sites (N-methyl/N-ethyl adjacent to an activating group) is 1. The minimum atomic E-state index is -0.194. The molecule has 0 aliphatic carbocycles. The molecule has 2 aromatic rings. The van der Waals surface area contributed by atoms with E-state index in [1.807, 2.05) is 37.3 Å². The van der Waals surface area contributed by atoms with Gasteiger partial charge < -0.3 is 20.1 Å². The number of nitrogens with zero attached hydrogens (tertiary/aromatic N) is 1. The molecule has 23 heavy (non-hydrogen) atoms. The van der Waals surface area contributed by atoms with Gasteiger partial charge in [0.25, 0.3) is 5.91 Å². The number of hydrogen-bond donors (Lipinski definition) is 1. The molecule has 0 spiro atoms. The molecular formula is C18H20N2O3. The molecule has 2 aromatic carbocycles. The van der Waals surface area contributed by atoms with Crippen LogP contribution in [0.3, 0.4) is 0 Å². The Hall–Kier alpha value is -2.69. The highest BCUT2D eigenvalue weighted by molar-refractivity contribution is 5.96. The number of anilines is 1. The van der Waals surface area contributed by atoms with Crippen molar-refractivity contribution in [3.63, 3.8) is 0 Å². The number of fused-ring (bicyclic) bond motifs is 1. The number of ether oxygens (including phenoxy) is 2. The zero-order chi connectivity index (χ0) is 16.4. The van der Waals surface area contributed by atoms with Gasteiger partial charge in [-0.15, -0.1) is 0 Å². The third-order valence-electron chi connectivity index (χ3n) is 3.88. The minimum absolute atomic E-state index is 0.0720. The molecule has 5 heteroatoms. The van der Waals surface area contributed by atoms with Crippen molar-refractivity contribution in [1.82, 2.24) is 4.90 Å². The van der Waals surface area contributed by atoms with Gasteiger partial charge in [0.1, 0.15) is 6.61 Å². The number of benzene rings is 2. The second-order valence-corrected chi connectivity index (χ2v) is 5.76. The van der Waals surface area contributed by atoms with Crippen LogP contribution < -0.4 is 15.2 Å². The molecular weight excluding hydrogens is 292 g/mol. The lowest BCUT2D eigenvalue weighted by atomic mass is 10.1. The van der Waals surface area contributed by atoms with E-state index in [9.17, 15) is 4.79 Å². The maximum absolute atomic E-state index is 12.6. The maximum atomic E-state index is 12.6. The number of aryl methyl sites for hydroxylation is 1. The number of para-hydroxylation sites is 2. The Labute approximate surface area is 135 Å². The molecule has 120 valence electrons. The monoisotopic (exact) mass is 312 g/mol. The molecule has 1 unspecified atom stereocenters. The first-order valence-electron chi connectivity index (χ1n) is 7.54. The van der Waals surface area contributed by atoms with Crippen molar-refractivity contribution >= 4 is 11.6 Å². The summed E-state index contributed by atoms with van der Waals surface area (Å²) >= 11 is 0. The van der Waals surface area contributed by atoms with Crippen LogP contribution in [0.1, 0.15) is 15.9 Å². The lowest BCUT2D eigenvalue weighted by Crippen LogP contribution is -2.42. The first kappa shape index (κ1) is 15.2. The zero-order valence-corrected chi connectivity index (χ0v) is 13.3. The number of nitrogens with two attached hydrogens (primary N) is 1. The van der Waals surface area contributed by atoms with E-state index in [0.29, 0.717) is 30.2 Å². The van der Waals surface area contributed by atoms with Gasteiger partial charge in [-0.25, -0.2) is 0 Å². The van der Waals surface area contributed by atoms with E-state index in [1.54, 1.807) is 24.1 Å². The smallest absolute Gasteiger partial charge is 0.254 e. The van der Waals surface area contributed by atoms with Gasteiger partial charge in [0.15, 0.2) is 17.6 Å². The number of carbonyl (C=O) groups is 1. The van der Waals surface area contributed by atoms with Crippen molar-refractivity contribution < 1.29 is 14.3 Å². The topological polar surface area (TPSA) is 64.8 Å². The van der Waals surface area contributed by atoms with Crippen LogP contribution in [0.25, 0.3) is 0 Å². The lowest BCUT2D eigenvalue weighted by Gasteiger charge is -2.29. The molecule has 0 aromatic heterocycles. The van der Waals surface area contributed by atoms with Gasteiger partial charge in [0, 0.05) is 18.3 Å². The van der Waals surface area contributed by atoms with E-state index in [4.69, 9.17) is 15.2 Å². The van der Waals surface area contributed by atoms with E-state index < -0.39 is 0 Å². The zero-order valence-electron chi connectivity index (χ0n) is 13.3. The van der Waals surface area contributed by atoms with Crippen molar-refractivity contribution in [2.24, 2.45) is 0 Å². The van der Waals surface area contributed by atoms with Crippen molar-refractivity contribution in [3.8, 4) is 11.5 Å². The molecule has 2 N–H and O–H groups in total. The van der Waals surface area contributed by atoms with E-state index in [2.05, 4.69) is 0 Å². The lowest BCUT2D eigenvalue weighted by molar-refractivity contribution is 0.0520. The van der Waals surface area contributed by atoms with Crippen molar-refractivity contribution in [1.29, 1.82) is 0 Å². The summed E-state index contributed by atoms with van der Waals surface area (Å²) in [6.45, 7) is 2.77. The molecule has 0 saturated heterocycles.